The number of alkyl carbamates (subject to hydrolysis) is 1. The Morgan fingerprint density at radius 1 is 1.24 bits per heavy atom. The van der Waals surface area contributed by atoms with Crippen LogP contribution in [0.25, 0.3) is 0 Å². The summed E-state index contributed by atoms with van der Waals surface area (Å²) in [4.78, 5) is 22.8. The fourth-order valence-corrected chi connectivity index (χ4v) is 1.67. The van der Waals surface area contributed by atoms with E-state index < -0.39 is 29.6 Å². The van der Waals surface area contributed by atoms with Crippen LogP contribution in [0.5, 0.6) is 0 Å². The zero-order valence-electron chi connectivity index (χ0n) is 12.4. The number of nitrogens with one attached hydrogen (secondary N) is 1. The molecule has 0 heterocycles. The molecule has 6 heteroatoms. The van der Waals surface area contributed by atoms with Crippen molar-refractivity contribution in [2.24, 2.45) is 5.41 Å². The van der Waals surface area contributed by atoms with E-state index in [1.807, 2.05) is 6.07 Å². The van der Waals surface area contributed by atoms with Crippen LogP contribution in [0.4, 0.5) is 4.79 Å². The number of benzene rings is 1. The van der Waals surface area contributed by atoms with Gasteiger partial charge in [-0.1, -0.05) is 51.1 Å². The highest BCUT2D eigenvalue weighted by atomic mass is 16.5. The van der Waals surface area contributed by atoms with Gasteiger partial charge >= 0.3 is 12.1 Å². The summed E-state index contributed by atoms with van der Waals surface area (Å²) in [5.74, 6) is -1.31. The van der Waals surface area contributed by atoms with Crippen LogP contribution in [0.3, 0.4) is 0 Å². The number of carboxylic acid groups (broad SMARTS) is 1. The molecule has 0 bridgehead atoms. The van der Waals surface area contributed by atoms with Gasteiger partial charge in [0, 0.05) is 0 Å². The molecule has 0 aliphatic rings. The summed E-state index contributed by atoms with van der Waals surface area (Å²) in [6.07, 6.45) is -2.12. The van der Waals surface area contributed by atoms with Crippen LogP contribution in [0.2, 0.25) is 0 Å². The third-order valence-corrected chi connectivity index (χ3v) is 2.96. The Kier molecular flexibility index (Phi) is 5.72. The topological polar surface area (TPSA) is 95.9 Å². The molecule has 3 N–H and O–H groups in total. The third-order valence-electron chi connectivity index (χ3n) is 2.96. The molecule has 21 heavy (non-hydrogen) atoms. The van der Waals surface area contributed by atoms with Gasteiger partial charge in [-0.25, -0.2) is 9.59 Å². The summed E-state index contributed by atoms with van der Waals surface area (Å²) in [5, 5.41) is 21.3. The second kappa shape index (κ2) is 7.08. The monoisotopic (exact) mass is 295 g/mol. The van der Waals surface area contributed by atoms with Crippen LogP contribution in [-0.4, -0.2) is 34.4 Å². The number of carboxylic acids is 1. The normalized spacial score (nSPS) is 14.1. The van der Waals surface area contributed by atoms with Gasteiger partial charge in [-0.15, -0.1) is 0 Å². The molecule has 0 spiro atoms. The van der Waals surface area contributed by atoms with Crippen molar-refractivity contribution in [3.63, 3.8) is 0 Å². The number of carbonyl (C=O) groups excluding carboxylic acids is 1. The Labute approximate surface area is 123 Å². The number of amides is 1. The van der Waals surface area contributed by atoms with E-state index in [2.05, 4.69) is 5.32 Å². The number of ether oxygens (including phenoxy) is 1. The molecule has 0 saturated carbocycles. The van der Waals surface area contributed by atoms with Gasteiger partial charge in [0.1, 0.15) is 6.61 Å². The summed E-state index contributed by atoms with van der Waals surface area (Å²) in [5.41, 5.74) is 0.103. The maximum absolute atomic E-state index is 11.7. The predicted molar refractivity (Wildman–Crippen MR) is 76.6 cm³/mol. The van der Waals surface area contributed by atoms with Crippen LogP contribution in [-0.2, 0) is 16.1 Å². The number of carbonyl (C=O) groups is 2. The van der Waals surface area contributed by atoms with Crippen LogP contribution in [0.1, 0.15) is 26.3 Å². The Morgan fingerprint density at radius 3 is 2.29 bits per heavy atom. The zero-order chi connectivity index (χ0) is 16.0. The first-order chi connectivity index (χ1) is 9.71. The molecule has 1 aromatic rings. The van der Waals surface area contributed by atoms with Crippen LogP contribution >= 0.6 is 0 Å². The molecule has 2 unspecified atom stereocenters. The first-order valence-corrected chi connectivity index (χ1v) is 6.60. The molecule has 0 aliphatic carbocycles. The molecular formula is C15H21NO5. The Hall–Kier alpha value is -2.08. The standard InChI is InChI=1S/C15H21NO5/c1-15(2,3)12(17)11(13(18)19)16-14(20)21-9-10-7-5-4-6-8-10/h4-8,11-12,17H,9H2,1-3H3,(H,16,20)(H,18,19). The molecule has 0 saturated heterocycles. The highest BCUT2D eigenvalue weighted by molar-refractivity contribution is 5.80. The van der Waals surface area contributed by atoms with Crippen molar-refractivity contribution in [2.45, 2.75) is 39.5 Å². The van der Waals surface area contributed by atoms with Gasteiger partial charge in [-0.3, -0.25) is 0 Å². The number of hydrogen-bond acceptors (Lipinski definition) is 4. The van der Waals surface area contributed by atoms with E-state index in [0.717, 1.165) is 5.56 Å². The van der Waals surface area contributed by atoms with Gasteiger partial charge < -0.3 is 20.3 Å². The van der Waals surface area contributed by atoms with Gasteiger partial charge in [0.05, 0.1) is 6.10 Å². The Morgan fingerprint density at radius 2 is 1.81 bits per heavy atom. The van der Waals surface area contributed by atoms with E-state index in [4.69, 9.17) is 9.84 Å². The van der Waals surface area contributed by atoms with Crippen molar-refractivity contribution < 1.29 is 24.5 Å². The van der Waals surface area contributed by atoms with Crippen molar-refractivity contribution in [3.05, 3.63) is 35.9 Å². The number of aliphatic hydroxyl groups is 1. The number of aliphatic hydroxyl groups excluding tert-OH is 1. The van der Waals surface area contributed by atoms with Crippen LogP contribution in [0, 0.1) is 5.41 Å². The highest BCUT2D eigenvalue weighted by Gasteiger charge is 2.36. The molecule has 1 amide bonds. The average molecular weight is 295 g/mol. The lowest BCUT2D eigenvalue weighted by atomic mass is 9.84. The van der Waals surface area contributed by atoms with Crippen molar-refractivity contribution in [3.8, 4) is 0 Å². The van der Waals surface area contributed by atoms with E-state index in [0.29, 0.717) is 0 Å². The molecule has 116 valence electrons. The number of aliphatic carboxylic acids is 1. The summed E-state index contributed by atoms with van der Waals surface area (Å²) < 4.78 is 4.95. The molecule has 1 rings (SSSR count). The van der Waals surface area contributed by atoms with Crippen LogP contribution < -0.4 is 5.32 Å². The lowest BCUT2D eigenvalue weighted by molar-refractivity contribution is -0.144. The maximum atomic E-state index is 11.7. The minimum absolute atomic E-state index is 0.0324. The van der Waals surface area contributed by atoms with Gasteiger partial charge in [-0.05, 0) is 11.0 Å². The van der Waals surface area contributed by atoms with E-state index in [1.165, 1.54) is 0 Å². The number of rotatable bonds is 5. The molecule has 0 aliphatic heterocycles. The molecule has 6 nitrogen and oxygen atoms in total. The van der Waals surface area contributed by atoms with Crippen molar-refractivity contribution in [1.29, 1.82) is 0 Å². The van der Waals surface area contributed by atoms with Crippen molar-refractivity contribution in [1.82, 2.24) is 5.32 Å². The molecule has 2 atom stereocenters. The molecule has 0 radical (unpaired) electrons. The Balaban J connectivity index is 2.59. The minimum Gasteiger partial charge on any atom is -0.480 e. The van der Waals surface area contributed by atoms with Gasteiger partial charge in [0.15, 0.2) is 6.04 Å². The molecular weight excluding hydrogens is 274 g/mol. The van der Waals surface area contributed by atoms with E-state index in [-0.39, 0.29) is 6.61 Å². The van der Waals surface area contributed by atoms with Crippen molar-refractivity contribution >= 4 is 12.1 Å². The minimum atomic E-state index is -1.42. The zero-order valence-corrected chi connectivity index (χ0v) is 12.4. The Bertz CT molecular complexity index is 481. The first kappa shape index (κ1) is 17.0. The summed E-state index contributed by atoms with van der Waals surface area (Å²) in [6.45, 7) is 5.09. The fourth-order valence-electron chi connectivity index (χ4n) is 1.67. The maximum Gasteiger partial charge on any atom is 0.408 e. The van der Waals surface area contributed by atoms with Gasteiger partial charge in [0.2, 0.25) is 0 Å². The molecule has 1 aromatic carbocycles. The van der Waals surface area contributed by atoms with Crippen LogP contribution in [0.15, 0.2) is 30.3 Å². The van der Waals surface area contributed by atoms with E-state index in [1.54, 1.807) is 45.0 Å². The molecule has 0 aromatic heterocycles. The highest BCUT2D eigenvalue weighted by Crippen LogP contribution is 2.22. The lowest BCUT2D eigenvalue weighted by Gasteiger charge is -2.30. The quantitative estimate of drug-likeness (QED) is 0.769. The first-order valence-electron chi connectivity index (χ1n) is 6.60. The summed E-state index contributed by atoms with van der Waals surface area (Å²) in [7, 11) is 0. The lowest BCUT2D eigenvalue weighted by Crippen LogP contribution is -2.53. The SMILES string of the molecule is CC(C)(C)C(O)C(NC(=O)OCc1ccccc1)C(=O)O. The smallest absolute Gasteiger partial charge is 0.408 e. The second-order valence-electron chi connectivity index (χ2n) is 5.83. The summed E-state index contributed by atoms with van der Waals surface area (Å²) >= 11 is 0. The van der Waals surface area contributed by atoms with E-state index >= 15 is 0 Å². The second-order valence-corrected chi connectivity index (χ2v) is 5.83. The van der Waals surface area contributed by atoms with Gasteiger partial charge in [0.25, 0.3) is 0 Å². The largest absolute Gasteiger partial charge is 0.480 e. The number of hydrogen-bond donors (Lipinski definition) is 3. The fraction of sp³-hybridized carbons (Fsp3) is 0.467. The third kappa shape index (κ3) is 5.43. The average Bonchev–Trinajstić information content (AvgIpc) is 2.41. The summed E-state index contributed by atoms with van der Waals surface area (Å²) in [6, 6.07) is 7.59. The van der Waals surface area contributed by atoms with E-state index in [9.17, 15) is 14.7 Å². The van der Waals surface area contributed by atoms with Crippen molar-refractivity contribution in [2.75, 3.05) is 0 Å². The predicted octanol–water partition coefficient (Wildman–Crippen LogP) is 1.77. The van der Waals surface area contributed by atoms with Gasteiger partial charge in [-0.2, -0.15) is 0 Å². The molecule has 0 fully saturated rings.